The smallest absolute Gasteiger partial charge is 0.243 e. The van der Waals surface area contributed by atoms with Crippen LogP contribution in [-0.4, -0.2) is 41.3 Å². The highest BCUT2D eigenvalue weighted by atomic mass is 32.2. The van der Waals surface area contributed by atoms with E-state index in [1.165, 1.54) is 6.92 Å². The molecule has 0 unspecified atom stereocenters. The third-order valence-corrected chi connectivity index (χ3v) is 7.50. The third kappa shape index (κ3) is 4.86. The molecule has 0 saturated carbocycles. The van der Waals surface area contributed by atoms with Gasteiger partial charge in [-0.3, -0.25) is 4.79 Å². The van der Waals surface area contributed by atoms with Crippen molar-refractivity contribution in [3.63, 3.8) is 0 Å². The number of nitrogens with zero attached hydrogens (tertiary/aromatic N) is 3. The summed E-state index contributed by atoms with van der Waals surface area (Å²) in [4.78, 5) is 15.9. The highest BCUT2D eigenvalue weighted by Gasteiger charge is 2.29. The molecule has 0 bridgehead atoms. The van der Waals surface area contributed by atoms with Crippen LogP contribution in [0.4, 0.5) is 5.69 Å². The molecule has 3 aromatic rings. The number of benzene rings is 2. The molecule has 0 aliphatic carbocycles. The number of sulfonamides is 1. The number of rotatable bonds is 6. The second-order valence-corrected chi connectivity index (χ2v) is 9.76. The second kappa shape index (κ2) is 9.03. The highest BCUT2D eigenvalue weighted by molar-refractivity contribution is 7.89. The van der Waals surface area contributed by atoms with Crippen LogP contribution < -0.4 is 5.32 Å². The number of piperidine rings is 1. The number of aromatic nitrogens is 2. The lowest BCUT2D eigenvalue weighted by molar-refractivity contribution is -0.114. The molecule has 31 heavy (non-hydrogen) atoms. The Balaban J connectivity index is 1.39. The lowest BCUT2D eigenvalue weighted by atomic mass is 9.98. The van der Waals surface area contributed by atoms with Gasteiger partial charge in [-0.15, -0.1) is 0 Å². The zero-order valence-electron chi connectivity index (χ0n) is 17.4. The van der Waals surface area contributed by atoms with Gasteiger partial charge in [-0.05, 0) is 43.0 Å². The fourth-order valence-electron chi connectivity index (χ4n) is 3.98. The number of hydrogen-bond acceptors (Lipinski definition) is 4. The molecular weight excluding hydrogens is 412 g/mol. The first-order valence-corrected chi connectivity index (χ1v) is 11.8. The zero-order valence-corrected chi connectivity index (χ0v) is 18.3. The van der Waals surface area contributed by atoms with Crippen molar-refractivity contribution in [2.24, 2.45) is 5.92 Å². The Hall–Kier alpha value is -2.97. The number of anilines is 1. The first-order chi connectivity index (χ1) is 14.9. The average Bonchev–Trinajstić information content (AvgIpc) is 3.23. The van der Waals surface area contributed by atoms with Gasteiger partial charge in [0.2, 0.25) is 15.9 Å². The fraction of sp³-hybridized carbons (Fsp3) is 0.304. The van der Waals surface area contributed by atoms with Crippen LogP contribution in [0.5, 0.6) is 0 Å². The Bertz CT molecular complexity index is 1130. The summed E-state index contributed by atoms with van der Waals surface area (Å²) in [6.45, 7) is 3.23. The molecule has 0 spiro atoms. The summed E-state index contributed by atoms with van der Waals surface area (Å²) < 4.78 is 29.7. The van der Waals surface area contributed by atoms with Gasteiger partial charge in [0, 0.05) is 50.2 Å². The molecule has 0 atom stereocenters. The van der Waals surface area contributed by atoms with Crippen molar-refractivity contribution < 1.29 is 13.2 Å². The van der Waals surface area contributed by atoms with Crippen molar-refractivity contribution in [3.8, 4) is 11.4 Å². The Morgan fingerprint density at radius 3 is 2.39 bits per heavy atom. The van der Waals surface area contributed by atoms with Gasteiger partial charge in [0.25, 0.3) is 0 Å². The molecular formula is C23H26N4O3S. The summed E-state index contributed by atoms with van der Waals surface area (Å²) in [6.07, 6.45) is 5.40. The summed E-state index contributed by atoms with van der Waals surface area (Å²) in [6, 6.07) is 16.4. The van der Waals surface area contributed by atoms with E-state index < -0.39 is 10.0 Å². The molecule has 4 rings (SSSR count). The molecule has 2 aromatic carbocycles. The molecule has 162 valence electrons. The van der Waals surface area contributed by atoms with Crippen LogP contribution in [0.2, 0.25) is 0 Å². The number of carbonyl (C=O) groups is 1. The summed E-state index contributed by atoms with van der Waals surface area (Å²) >= 11 is 0. The number of nitrogens with one attached hydrogen (secondary N) is 1. The standard InChI is InChI=1S/C23H26N4O3S/c1-18(28)25-21-7-9-22(10-8-21)31(29,30)27-14-11-19(12-15-27)17-26-16-13-24-23(26)20-5-3-2-4-6-20/h2-10,13,16,19H,11-12,14-15,17H2,1H3,(H,25,28). The molecule has 1 saturated heterocycles. The first kappa shape index (κ1) is 21.3. The lowest BCUT2D eigenvalue weighted by Gasteiger charge is -2.31. The summed E-state index contributed by atoms with van der Waals surface area (Å²) in [7, 11) is -3.54. The summed E-state index contributed by atoms with van der Waals surface area (Å²) in [5.41, 5.74) is 1.66. The van der Waals surface area contributed by atoms with Gasteiger partial charge < -0.3 is 9.88 Å². The maximum Gasteiger partial charge on any atom is 0.243 e. The maximum absolute atomic E-state index is 13.0. The lowest BCUT2D eigenvalue weighted by Crippen LogP contribution is -2.39. The van der Waals surface area contributed by atoms with Crippen molar-refractivity contribution in [2.75, 3.05) is 18.4 Å². The van der Waals surface area contributed by atoms with Crippen molar-refractivity contribution in [3.05, 3.63) is 67.0 Å². The molecule has 1 N–H and O–H groups in total. The largest absolute Gasteiger partial charge is 0.331 e. The van der Waals surface area contributed by atoms with E-state index in [2.05, 4.69) is 14.9 Å². The van der Waals surface area contributed by atoms with E-state index in [-0.39, 0.29) is 10.8 Å². The Labute approximate surface area is 182 Å². The molecule has 0 radical (unpaired) electrons. The third-order valence-electron chi connectivity index (χ3n) is 5.59. The Morgan fingerprint density at radius 2 is 1.74 bits per heavy atom. The SMILES string of the molecule is CC(=O)Nc1ccc(S(=O)(=O)N2CCC(Cn3ccnc3-c3ccccc3)CC2)cc1. The van der Waals surface area contributed by atoms with E-state index in [1.54, 1.807) is 28.6 Å². The quantitative estimate of drug-likeness (QED) is 0.637. The van der Waals surface area contributed by atoms with Crippen LogP contribution in [0, 0.1) is 5.92 Å². The van der Waals surface area contributed by atoms with E-state index in [0.717, 1.165) is 30.8 Å². The monoisotopic (exact) mass is 438 g/mol. The van der Waals surface area contributed by atoms with E-state index in [9.17, 15) is 13.2 Å². The van der Waals surface area contributed by atoms with Crippen molar-refractivity contribution in [1.82, 2.24) is 13.9 Å². The van der Waals surface area contributed by atoms with E-state index >= 15 is 0 Å². The first-order valence-electron chi connectivity index (χ1n) is 10.4. The number of imidazole rings is 1. The van der Waals surface area contributed by atoms with Crippen LogP contribution >= 0.6 is 0 Å². The van der Waals surface area contributed by atoms with Gasteiger partial charge in [-0.2, -0.15) is 4.31 Å². The topological polar surface area (TPSA) is 84.3 Å². The molecule has 1 aliphatic rings. The molecule has 7 nitrogen and oxygen atoms in total. The van der Waals surface area contributed by atoms with Crippen LogP contribution in [-0.2, 0) is 21.4 Å². The molecule has 1 aliphatic heterocycles. The fourth-order valence-corrected chi connectivity index (χ4v) is 5.45. The zero-order chi connectivity index (χ0) is 21.8. The van der Waals surface area contributed by atoms with Gasteiger partial charge >= 0.3 is 0 Å². The highest BCUT2D eigenvalue weighted by Crippen LogP contribution is 2.27. The van der Waals surface area contributed by atoms with Crippen molar-refractivity contribution in [2.45, 2.75) is 31.2 Å². The minimum Gasteiger partial charge on any atom is -0.331 e. The van der Waals surface area contributed by atoms with Crippen molar-refractivity contribution >= 4 is 21.6 Å². The van der Waals surface area contributed by atoms with Crippen LogP contribution in [0.15, 0.2) is 71.9 Å². The predicted molar refractivity (Wildman–Crippen MR) is 120 cm³/mol. The Kier molecular flexibility index (Phi) is 6.20. The van der Waals surface area contributed by atoms with Gasteiger partial charge in [0.05, 0.1) is 4.90 Å². The molecule has 1 fully saturated rings. The van der Waals surface area contributed by atoms with E-state index in [1.807, 2.05) is 42.7 Å². The number of carbonyl (C=O) groups excluding carboxylic acids is 1. The average molecular weight is 439 g/mol. The summed E-state index contributed by atoms with van der Waals surface area (Å²) in [5.74, 6) is 1.14. The van der Waals surface area contributed by atoms with Crippen LogP contribution in [0.25, 0.3) is 11.4 Å². The van der Waals surface area contributed by atoms with Crippen molar-refractivity contribution in [1.29, 1.82) is 0 Å². The molecule has 2 heterocycles. The molecule has 1 amide bonds. The van der Waals surface area contributed by atoms with E-state index in [4.69, 9.17) is 0 Å². The summed E-state index contributed by atoms with van der Waals surface area (Å²) in [5, 5.41) is 2.65. The van der Waals surface area contributed by atoms with Crippen LogP contribution in [0.1, 0.15) is 19.8 Å². The predicted octanol–water partition coefficient (Wildman–Crippen LogP) is 3.61. The Morgan fingerprint density at radius 1 is 1.06 bits per heavy atom. The van der Waals surface area contributed by atoms with Gasteiger partial charge in [0.15, 0.2) is 0 Å². The van der Waals surface area contributed by atoms with Gasteiger partial charge in [-0.1, -0.05) is 30.3 Å². The van der Waals surface area contributed by atoms with Crippen LogP contribution in [0.3, 0.4) is 0 Å². The minimum absolute atomic E-state index is 0.189. The number of hydrogen-bond donors (Lipinski definition) is 1. The minimum atomic E-state index is -3.54. The molecule has 1 aromatic heterocycles. The van der Waals surface area contributed by atoms with Gasteiger partial charge in [0.1, 0.15) is 5.82 Å². The maximum atomic E-state index is 13.0. The van der Waals surface area contributed by atoms with Gasteiger partial charge in [-0.25, -0.2) is 13.4 Å². The normalized spacial score (nSPS) is 15.6. The number of amides is 1. The second-order valence-electron chi connectivity index (χ2n) is 7.82. The van der Waals surface area contributed by atoms with E-state index in [0.29, 0.717) is 24.7 Å². The molecule has 8 heteroatoms.